The molecule has 0 aliphatic heterocycles. The third-order valence-corrected chi connectivity index (χ3v) is 4.74. The summed E-state index contributed by atoms with van der Waals surface area (Å²) in [5.74, 6) is 0.727. The SMILES string of the molecule is CCc1csc(CNC(=O)c2ccc(NC3CCC3)nc2)n1. The van der Waals surface area contributed by atoms with Crippen LogP contribution < -0.4 is 10.6 Å². The number of anilines is 1. The Morgan fingerprint density at radius 2 is 2.27 bits per heavy atom. The molecule has 116 valence electrons. The van der Waals surface area contributed by atoms with Crippen LogP contribution in [0.1, 0.15) is 47.2 Å². The molecule has 0 spiro atoms. The van der Waals surface area contributed by atoms with Crippen molar-refractivity contribution >= 4 is 23.1 Å². The number of amides is 1. The predicted octanol–water partition coefficient (Wildman–Crippen LogP) is 2.99. The topological polar surface area (TPSA) is 66.9 Å². The highest BCUT2D eigenvalue weighted by Crippen LogP contribution is 2.22. The number of nitrogens with zero attached hydrogens (tertiary/aromatic N) is 2. The molecular weight excluding hydrogens is 296 g/mol. The molecule has 5 nitrogen and oxygen atoms in total. The van der Waals surface area contributed by atoms with Crippen molar-refractivity contribution in [2.45, 2.75) is 45.2 Å². The monoisotopic (exact) mass is 316 g/mol. The van der Waals surface area contributed by atoms with Crippen LogP contribution in [0, 0.1) is 0 Å². The van der Waals surface area contributed by atoms with E-state index in [0.29, 0.717) is 18.2 Å². The zero-order valence-electron chi connectivity index (χ0n) is 12.6. The average molecular weight is 316 g/mol. The lowest BCUT2D eigenvalue weighted by atomic mass is 9.93. The highest BCUT2D eigenvalue weighted by atomic mass is 32.1. The van der Waals surface area contributed by atoms with Gasteiger partial charge in [-0.15, -0.1) is 11.3 Å². The number of carbonyl (C=O) groups excluding carboxylic acids is 1. The molecule has 1 aliphatic carbocycles. The number of rotatable bonds is 6. The minimum Gasteiger partial charge on any atom is -0.367 e. The van der Waals surface area contributed by atoms with Gasteiger partial charge in [-0.2, -0.15) is 0 Å². The lowest BCUT2D eigenvalue weighted by molar-refractivity contribution is 0.0950. The van der Waals surface area contributed by atoms with Gasteiger partial charge in [0.25, 0.3) is 5.91 Å². The molecular formula is C16H20N4OS. The molecule has 2 aromatic heterocycles. The number of nitrogens with one attached hydrogen (secondary N) is 2. The van der Waals surface area contributed by atoms with Crippen LogP contribution in [0.4, 0.5) is 5.82 Å². The second kappa shape index (κ2) is 6.87. The summed E-state index contributed by atoms with van der Waals surface area (Å²) in [5.41, 5.74) is 1.65. The van der Waals surface area contributed by atoms with Gasteiger partial charge in [0.2, 0.25) is 0 Å². The van der Waals surface area contributed by atoms with Crippen molar-refractivity contribution in [1.29, 1.82) is 0 Å². The molecule has 1 aliphatic rings. The maximum atomic E-state index is 12.1. The molecule has 2 heterocycles. The van der Waals surface area contributed by atoms with Crippen molar-refractivity contribution in [3.8, 4) is 0 Å². The molecule has 3 rings (SSSR count). The average Bonchev–Trinajstić information content (AvgIpc) is 2.97. The number of pyridine rings is 1. The van der Waals surface area contributed by atoms with Crippen LogP contribution >= 0.6 is 11.3 Å². The largest absolute Gasteiger partial charge is 0.367 e. The van der Waals surface area contributed by atoms with Gasteiger partial charge < -0.3 is 10.6 Å². The molecule has 0 unspecified atom stereocenters. The molecule has 1 amide bonds. The van der Waals surface area contributed by atoms with Crippen molar-refractivity contribution in [2.24, 2.45) is 0 Å². The standard InChI is InChI=1S/C16H20N4OS/c1-2-12-10-22-15(20-12)9-18-16(21)11-6-7-14(17-8-11)19-13-4-3-5-13/h6-8,10,13H,2-5,9H2,1H3,(H,17,19)(H,18,21). The molecule has 0 atom stereocenters. The molecule has 0 bridgehead atoms. The smallest absolute Gasteiger partial charge is 0.253 e. The van der Waals surface area contributed by atoms with Crippen molar-refractivity contribution < 1.29 is 4.79 Å². The van der Waals surface area contributed by atoms with Crippen LogP contribution in [0.2, 0.25) is 0 Å². The van der Waals surface area contributed by atoms with Gasteiger partial charge in [0, 0.05) is 17.6 Å². The van der Waals surface area contributed by atoms with E-state index in [9.17, 15) is 4.79 Å². The van der Waals surface area contributed by atoms with Crippen LogP contribution in [-0.2, 0) is 13.0 Å². The maximum Gasteiger partial charge on any atom is 0.253 e. The Kier molecular flexibility index (Phi) is 4.68. The summed E-state index contributed by atoms with van der Waals surface area (Å²) in [6, 6.07) is 4.22. The Morgan fingerprint density at radius 3 is 2.86 bits per heavy atom. The number of thiazole rings is 1. The van der Waals surface area contributed by atoms with E-state index in [1.165, 1.54) is 19.3 Å². The number of aromatic nitrogens is 2. The Bertz CT molecular complexity index is 634. The van der Waals surface area contributed by atoms with Crippen LogP contribution in [0.25, 0.3) is 0 Å². The summed E-state index contributed by atoms with van der Waals surface area (Å²) in [6.07, 6.45) is 6.24. The van der Waals surface area contributed by atoms with Crippen LogP contribution in [0.3, 0.4) is 0 Å². The van der Waals surface area contributed by atoms with Crippen molar-refractivity contribution in [1.82, 2.24) is 15.3 Å². The summed E-state index contributed by atoms with van der Waals surface area (Å²) in [4.78, 5) is 20.8. The van der Waals surface area contributed by atoms with Gasteiger partial charge in [0.15, 0.2) is 0 Å². The highest BCUT2D eigenvalue weighted by Gasteiger charge is 2.17. The molecule has 1 fully saturated rings. The first-order chi connectivity index (χ1) is 10.7. The summed E-state index contributed by atoms with van der Waals surface area (Å²) in [5, 5.41) is 9.21. The van der Waals surface area contributed by atoms with E-state index in [2.05, 4.69) is 27.5 Å². The van der Waals surface area contributed by atoms with E-state index in [0.717, 1.165) is 22.9 Å². The van der Waals surface area contributed by atoms with Gasteiger partial charge in [0.05, 0.1) is 17.8 Å². The van der Waals surface area contributed by atoms with Crippen molar-refractivity contribution in [2.75, 3.05) is 5.32 Å². The highest BCUT2D eigenvalue weighted by molar-refractivity contribution is 7.09. The quantitative estimate of drug-likeness (QED) is 0.860. The first-order valence-electron chi connectivity index (χ1n) is 7.68. The normalized spacial score (nSPS) is 14.4. The Labute approximate surface area is 134 Å². The zero-order valence-corrected chi connectivity index (χ0v) is 13.4. The van der Waals surface area contributed by atoms with Gasteiger partial charge in [-0.3, -0.25) is 4.79 Å². The molecule has 1 saturated carbocycles. The fourth-order valence-corrected chi connectivity index (χ4v) is 3.04. The summed E-state index contributed by atoms with van der Waals surface area (Å²) >= 11 is 1.58. The van der Waals surface area contributed by atoms with E-state index >= 15 is 0 Å². The lowest BCUT2D eigenvalue weighted by Gasteiger charge is -2.26. The minimum atomic E-state index is -0.115. The second-order valence-corrected chi connectivity index (χ2v) is 6.42. The van der Waals surface area contributed by atoms with Crippen LogP contribution in [0.15, 0.2) is 23.7 Å². The van der Waals surface area contributed by atoms with E-state index < -0.39 is 0 Å². The Hall–Kier alpha value is -1.95. The van der Waals surface area contributed by atoms with E-state index in [4.69, 9.17) is 0 Å². The van der Waals surface area contributed by atoms with Gasteiger partial charge in [-0.05, 0) is 37.8 Å². The van der Waals surface area contributed by atoms with Crippen LogP contribution in [-0.4, -0.2) is 21.9 Å². The van der Waals surface area contributed by atoms with Gasteiger partial charge in [-0.1, -0.05) is 6.92 Å². The Balaban J connectivity index is 1.52. The zero-order chi connectivity index (χ0) is 15.4. The first kappa shape index (κ1) is 15.0. The van der Waals surface area contributed by atoms with Crippen molar-refractivity contribution in [3.63, 3.8) is 0 Å². The third-order valence-electron chi connectivity index (χ3n) is 3.84. The molecule has 2 aromatic rings. The molecule has 0 aromatic carbocycles. The molecule has 0 saturated heterocycles. The van der Waals surface area contributed by atoms with Crippen LogP contribution in [0.5, 0.6) is 0 Å². The summed E-state index contributed by atoms with van der Waals surface area (Å²) in [6.45, 7) is 2.54. The summed E-state index contributed by atoms with van der Waals surface area (Å²) in [7, 11) is 0. The number of aryl methyl sites for hydroxylation is 1. The maximum absolute atomic E-state index is 12.1. The summed E-state index contributed by atoms with van der Waals surface area (Å²) < 4.78 is 0. The van der Waals surface area contributed by atoms with Crippen molar-refractivity contribution in [3.05, 3.63) is 40.0 Å². The number of hydrogen-bond acceptors (Lipinski definition) is 5. The predicted molar refractivity (Wildman–Crippen MR) is 88.2 cm³/mol. The number of carbonyl (C=O) groups is 1. The lowest BCUT2D eigenvalue weighted by Crippen LogP contribution is -2.27. The van der Waals surface area contributed by atoms with Gasteiger partial charge >= 0.3 is 0 Å². The van der Waals surface area contributed by atoms with E-state index in [1.807, 2.05) is 17.5 Å². The molecule has 0 radical (unpaired) electrons. The van der Waals surface area contributed by atoms with Gasteiger partial charge in [0.1, 0.15) is 10.8 Å². The second-order valence-electron chi connectivity index (χ2n) is 5.47. The Morgan fingerprint density at radius 1 is 1.41 bits per heavy atom. The molecule has 6 heteroatoms. The third kappa shape index (κ3) is 3.62. The minimum absolute atomic E-state index is 0.115. The number of hydrogen-bond donors (Lipinski definition) is 2. The molecule has 22 heavy (non-hydrogen) atoms. The fraction of sp³-hybridized carbons (Fsp3) is 0.438. The molecule has 2 N–H and O–H groups in total. The first-order valence-corrected chi connectivity index (χ1v) is 8.56. The van der Waals surface area contributed by atoms with Gasteiger partial charge in [-0.25, -0.2) is 9.97 Å². The van der Waals surface area contributed by atoms with E-state index in [-0.39, 0.29) is 5.91 Å². The van der Waals surface area contributed by atoms with E-state index in [1.54, 1.807) is 17.5 Å². The fourth-order valence-electron chi connectivity index (χ4n) is 2.23.